The van der Waals surface area contributed by atoms with E-state index in [-0.39, 0.29) is 29.8 Å². The van der Waals surface area contributed by atoms with E-state index in [4.69, 9.17) is 4.74 Å². The van der Waals surface area contributed by atoms with Crippen molar-refractivity contribution >= 4 is 17.8 Å². The fraction of sp³-hybridized carbons (Fsp3) is 0.593. The average Bonchev–Trinajstić information content (AvgIpc) is 3.51. The van der Waals surface area contributed by atoms with Crippen molar-refractivity contribution in [3.63, 3.8) is 0 Å². The van der Waals surface area contributed by atoms with Gasteiger partial charge in [0.15, 0.2) is 5.78 Å². The number of pyridine rings is 1. The van der Waals surface area contributed by atoms with Crippen LogP contribution >= 0.6 is 0 Å². The van der Waals surface area contributed by atoms with Gasteiger partial charge in [0.2, 0.25) is 0 Å². The van der Waals surface area contributed by atoms with Gasteiger partial charge in [-0.15, -0.1) is 0 Å². The van der Waals surface area contributed by atoms with Crippen molar-refractivity contribution in [1.82, 2.24) is 4.98 Å². The molecule has 1 aromatic heterocycles. The summed E-state index contributed by atoms with van der Waals surface area (Å²) in [5.74, 6) is -0.441. The Morgan fingerprint density at radius 1 is 1.15 bits per heavy atom. The largest absolute Gasteiger partial charge is 0.458 e. The third kappa shape index (κ3) is 5.61. The molecule has 0 aromatic carbocycles. The number of rotatable bonds is 2. The number of ether oxygens (including phenoxy) is 1. The van der Waals surface area contributed by atoms with Gasteiger partial charge in [-0.05, 0) is 68.2 Å². The molecule has 0 spiro atoms. The third-order valence-electron chi connectivity index (χ3n) is 7.55. The molecule has 1 fully saturated rings. The second kappa shape index (κ2) is 9.90. The van der Waals surface area contributed by atoms with E-state index in [1.165, 1.54) is 0 Å². The van der Waals surface area contributed by atoms with E-state index in [1.54, 1.807) is 13.0 Å². The Morgan fingerprint density at radius 2 is 1.94 bits per heavy atom. The van der Waals surface area contributed by atoms with Crippen LogP contribution in [-0.4, -0.2) is 45.3 Å². The molecule has 33 heavy (non-hydrogen) atoms. The Morgan fingerprint density at radius 3 is 2.67 bits per heavy atom. The van der Waals surface area contributed by atoms with Crippen molar-refractivity contribution in [2.45, 2.75) is 77.6 Å². The van der Waals surface area contributed by atoms with Gasteiger partial charge >= 0.3 is 5.97 Å². The van der Waals surface area contributed by atoms with Crippen LogP contribution in [0.2, 0.25) is 0 Å². The lowest BCUT2D eigenvalue weighted by Gasteiger charge is -2.32. The number of aliphatic hydroxyl groups is 2. The maximum Gasteiger partial charge on any atom is 0.309 e. The fourth-order valence-corrected chi connectivity index (χ4v) is 5.27. The van der Waals surface area contributed by atoms with Gasteiger partial charge in [0.05, 0.1) is 24.3 Å². The number of aryl methyl sites for hydroxylation is 1. The summed E-state index contributed by atoms with van der Waals surface area (Å²) in [6, 6.07) is 3.94. The van der Waals surface area contributed by atoms with Gasteiger partial charge in [-0.1, -0.05) is 31.9 Å². The molecule has 1 aromatic rings. The van der Waals surface area contributed by atoms with Crippen molar-refractivity contribution in [3.05, 3.63) is 46.8 Å². The number of hydrogen-bond donors (Lipinski definition) is 2. The molecule has 0 unspecified atom stereocenters. The van der Waals surface area contributed by atoms with Crippen LogP contribution in [0.3, 0.4) is 0 Å². The maximum absolute atomic E-state index is 12.8. The standard InChI is InChI=1S/C27H35NO5/c1-15-7-8-21(28-14-15)9-16(2)24-12-20-10-18(20)5-4-6-19-11-22(23(29)13-25(30)33-24)27(32)17(3)26(19)31/h7-9,11,14,17-20,23-24,26,29,31H,4-6,10,12-13H2,1-3H3/b16-9+/t17-,18+,19-,20+,23+,24-,26-/m1/s1. The number of aliphatic hydroxyl groups excluding tert-OH is 2. The van der Waals surface area contributed by atoms with E-state index in [1.807, 2.05) is 38.3 Å². The number of hydrogen-bond acceptors (Lipinski definition) is 6. The van der Waals surface area contributed by atoms with Crippen molar-refractivity contribution in [1.29, 1.82) is 0 Å². The molecule has 6 nitrogen and oxygen atoms in total. The molecule has 2 bridgehead atoms. The molecule has 1 saturated carbocycles. The predicted octanol–water partition coefficient (Wildman–Crippen LogP) is 3.79. The molecule has 0 amide bonds. The van der Waals surface area contributed by atoms with Crippen LogP contribution in [0.5, 0.6) is 0 Å². The molecular weight excluding hydrogens is 418 g/mol. The first-order valence-corrected chi connectivity index (χ1v) is 12.1. The quantitative estimate of drug-likeness (QED) is 0.662. The van der Waals surface area contributed by atoms with Gasteiger partial charge in [-0.3, -0.25) is 14.6 Å². The highest BCUT2D eigenvalue weighted by atomic mass is 16.5. The van der Waals surface area contributed by atoms with Gasteiger partial charge in [-0.25, -0.2) is 0 Å². The monoisotopic (exact) mass is 453 g/mol. The number of aromatic nitrogens is 1. The molecule has 0 saturated heterocycles. The molecular formula is C27H35NO5. The highest BCUT2D eigenvalue weighted by molar-refractivity contribution is 5.99. The minimum Gasteiger partial charge on any atom is -0.458 e. The molecule has 2 aliphatic carbocycles. The van der Waals surface area contributed by atoms with E-state index in [0.717, 1.165) is 48.9 Å². The van der Waals surface area contributed by atoms with Crippen molar-refractivity contribution in [2.24, 2.45) is 23.7 Å². The molecule has 2 N–H and O–H groups in total. The smallest absolute Gasteiger partial charge is 0.309 e. The van der Waals surface area contributed by atoms with Gasteiger partial charge in [0, 0.05) is 23.6 Å². The second-order valence-electron chi connectivity index (χ2n) is 10.2. The summed E-state index contributed by atoms with van der Waals surface area (Å²) < 4.78 is 5.86. The van der Waals surface area contributed by atoms with E-state index < -0.39 is 24.1 Å². The summed E-state index contributed by atoms with van der Waals surface area (Å²) >= 11 is 0. The summed E-state index contributed by atoms with van der Waals surface area (Å²) in [4.78, 5) is 29.9. The van der Waals surface area contributed by atoms with Crippen LogP contribution in [0.4, 0.5) is 0 Å². The lowest BCUT2D eigenvalue weighted by Crippen LogP contribution is -2.40. The Balaban J connectivity index is 1.55. The molecule has 2 heterocycles. The number of carbonyl (C=O) groups excluding carboxylic acids is 2. The number of Topliss-reactive ketones (excluding diaryl/α,β-unsaturated/α-hetero) is 1. The zero-order valence-corrected chi connectivity index (χ0v) is 19.7. The number of ketones is 1. The van der Waals surface area contributed by atoms with E-state index in [2.05, 4.69) is 4.98 Å². The highest BCUT2D eigenvalue weighted by Crippen LogP contribution is 2.47. The van der Waals surface area contributed by atoms with E-state index >= 15 is 0 Å². The van der Waals surface area contributed by atoms with Crippen molar-refractivity contribution in [2.75, 3.05) is 0 Å². The second-order valence-corrected chi connectivity index (χ2v) is 10.2. The normalized spacial score (nSPS) is 35.7. The van der Waals surface area contributed by atoms with E-state index in [0.29, 0.717) is 11.8 Å². The predicted molar refractivity (Wildman–Crippen MR) is 125 cm³/mol. The van der Waals surface area contributed by atoms with Gasteiger partial charge < -0.3 is 14.9 Å². The van der Waals surface area contributed by atoms with Gasteiger partial charge in [0.25, 0.3) is 0 Å². The minimum atomic E-state index is -1.22. The van der Waals surface area contributed by atoms with Crippen LogP contribution in [0.25, 0.3) is 6.08 Å². The summed E-state index contributed by atoms with van der Waals surface area (Å²) in [6.45, 7) is 5.64. The van der Waals surface area contributed by atoms with Crippen LogP contribution in [0.1, 0.15) is 63.6 Å². The fourth-order valence-electron chi connectivity index (χ4n) is 5.27. The zero-order chi connectivity index (χ0) is 23.7. The average molecular weight is 454 g/mol. The Kier molecular flexibility index (Phi) is 7.15. The zero-order valence-electron chi connectivity index (χ0n) is 19.7. The molecule has 1 aliphatic heterocycles. The molecule has 3 aliphatic rings. The summed E-state index contributed by atoms with van der Waals surface area (Å²) in [7, 11) is 0. The Bertz CT molecular complexity index is 950. The van der Waals surface area contributed by atoms with Crippen molar-refractivity contribution in [3.8, 4) is 0 Å². The Hall–Kier alpha value is -2.31. The number of carbonyl (C=O) groups is 2. The maximum atomic E-state index is 12.8. The first kappa shape index (κ1) is 23.8. The number of fused-ring (bicyclic) bond motifs is 2. The summed E-state index contributed by atoms with van der Waals surface area (Å²) in [5, 5.41) is 21.3. The SMILES string of the molecule is C/C(=C\c1ccc(C)cn1)[C@H]1C[C@@H]2C[C@@H]2CCC[C@@H]2C=C(C(=O)[C@H](C)[C@H]2O)[C@@H](O)CC(=O)O1. The molecule has 0 radical (unpaired) electrons. The topological polar surface area (TPSA) is 96.7 Å². The number of cyclic esters (lactones) is 1. The lowest BCUT2D eigenvalue weighted by atomic mass is 9.76. The third-order valence-corrected chi connectivity index (χ3v) is 7.55. The lowest BCUT2D eigenvalue weighted by molar-refractivity contribution is -0.149. The van der Waals surface area contributed by atoms with Crippen LogP contribution in [0, 0.1) is 30.6 Å². The molecule has 6 heteroatoms. The first-order chi connectivity index (χ1) is 15.7. The van der Waals surface area contributed by atoms with E-state index in [9.17, 15) is 19.8 Å². The number of nitrogens with zero attached hydrogens (tertiary/aromatic N) is 1. The summed E-state index contributed by atoms with van der Waals surface area (Å²) in [6.07, 6.45) is 7.54. The van der Waals surface area contributed by atoms with Crippen LogP contribution < -0.4 is 0 Å². The minimum absolute atomic E-state index is 0.168. The van der Waals surface area contributed by atoms with Crippen molar-refractivity contribution < 1.29 is 24.5 Å². The molecule has 178 valence electrons. The van der Waals surface area contributed by atoms with Gasteiger partial charge in [0.1, 0.15) is 6.10 Å². The first-order valence-electron chi connectivity index (χ1n) is 12.1. The summed E-state index contributed by atoms with van der Waals surface area (Å²) in [5.41, 5.74) is 3.07. The van der Waals surface area contributed by atoms with Crippen LogP contribution in [-0.2, 0) is 14.3 Å². The molecule has 7 atom stereocenters. The van der Waals surface area contributed by atoms with Crippen LogP contribution in [0.15, 0.2) is 35.6 Å². The highest BCUT2D eigenvalue weighted by Gasteiger charge is 2.41. The Labute approximate surface area is 195 Å². The molecule has 4 rings (SSSR count). The number of esters is 1. The van der Waals surface area contributed by atoms with Gasteiger partial charge in [-0.2, -0.15) is 0 Å².